The average molecular weight is 332 g/mol. The largest absolute Gasteiger partial charge is 0.494 e. The van der Waals surface area contributed by atoms with Gasteiger partial charge in [-0.1, -0.05) is 18.2 Å². The normalized spacial score (nSPS) is 15.5. The van der Waals surface area contributed by atoms with Crippen molar-refractivity contribution in [1.82, 2.24) is 15.5 Å². The molecule has 2 rings (SSSR count). The van der Waals surface area contributed by atoms with E-state index in [9.17, 15) is 0 Å². The van der Waals surface area contributed by atoms with Crippen molar-refractivity contribution >= 4 is 5.96 Å². The smallest absolute Gasteiger partial charge is 0.191 e. The second-order valence-corrected chi connectivity index (χ2v) is 6.10. The van der Waals surface area contributed by atoms with Crippen LogP contribution in [0.4, 0.5) is 0 Å². The SMILES string of the molecule is CCNC(=NCCCOc1ccccc1)NCCCN1CCCC1. The van der Waals surface area contributed by atoms with Crippen LogP contribution in [-0.4, -0.2) is 56.7 Å². The third kappa shape index (κ3) is 7.68. The molecule has 134 valence electrons. The van der Waals surface area contributed by atoms with E-state index in [0.29, 0.717) is 6.61 Å². The Kier molecular flexibility index (Phi) is 9.09. The van der Waals surface area contributed by atoms with Gasteiger partial charge in [0.1, 0.15) is 5.75 Å². The maximum Gasteiger partial charge on any atom is 0.191 e. The third-order valence-electron chi connectivity index (χ3n) is 4.07. The van der Waals surface area contributed by atoms with Gasteiger partial charge in [0.25, 0.3) is 0 Å². The molecule has 0 aromatic heterocycles. The zero-order valence-electron chi connectivity index (χ0n) is 15.0. The van der Waals surface area contributed by atoms with Crippen LogP contribution in [0.15, 0.2) is 35.3 Å². The minimum Gasteiger partial charge on any atom is -0.494 e. The molecule has 5 nitrogen and oxygen atoms in total. The Morgan fingerprint density at radius 3 is 2.67 bits per heavy atom. The Hall–Kier alpha value is -1.75. The van der Waals surface area contributed by atoms with Crippen molar-refractivity contribution < 1.29 is 4.74 Å². The summed E-state index contributed by atoms with van der Waals surface area (Å²) in [6.07, 6.45) is 4.81. The van der Waals surface area contributed by atoms with Gasteiger partial charge in [-0.25, -0.2) is 0 Å². The first-order valence-corrected chi connectivity index (χ1v) is 9.31. The van der Waals surface area contributed by atoms with Crippen LogP contribution in [0.2, 0.25) is 0 Å². The summed E-state index contributed by atoms with van der Waals surface area (Å²) >= 11 is 0. The van der Waals surface area contributed by atoms with Gasteiger partial charge >= 0.3 is 0 Å². The van der Waals surface area contributed by atoms with Crippen LogP contribution in [0.1, 0.15) is 32.6 Å². The van der Waals surface area contributed by atoms with Crippen LogP contribution in [0.5, 0.6) is 5.75 Å². The fourth-order valence-electron chi connectivity index (χ4n) is 2.82. The minimum atomic E-state index is 0.696. The molecule has 0 saturated carbocycles. The van der Waals surface area contributed by atoms with Crippen LogP contribution in [0.3, 0.4) is 0 Å². The highest BCUT2D eigenvalue weighted by Crippen LogP contribution is 2.08. The van der Waals surface area contributed by atoms with E-state index in [2.05, 4.69) is 27.4 Å². The quantitative estimate of drug-likeness (QED) is 0.393. The molecule has 0 aliphatic carbocycles. The van der Waals surface area contributed by atoms with Gasteiger partial charge in [0, 0.05) is 26.1 Å². The van der Waals surface area contributed by atoms with Crippen molar-refractivity contribution in [3.8, 4) is 5.75 Å². The molecule has 1 fully saturated rings. The van der Waals surface area contributed by atoms with E-state index < -0.39 is 0 Å². The van der Waals surface area contributed by atoms with Gasteiger partial charge in [-0.05, 0) is 58.0 Å². The summed E-state index contributed by atoms with van der Waals surface area (Å²) in [4.78, 5) is 7.16. The standard InChI is InChI=1S/C19H32N4O/c1-2-20-19(21-12-8-16-23-14-6-7-15-23)22-13-9-17-24-18-10-4-3-5-11-18/h3-5,10-11H,2,6-9,12-17H2,1H3,(H2,20,21,22). The zero-order valence-corrected chi connectivity index (χ0v) is 15.0. The van der Waals surface area contributed by atoms with E-state index in [1.165, 1.54) is 38.9 Å². The van der Waals surface area contributed by atoms with E-state index in [4.69, 9.17) is 4.74 Å². The number of nitrogens with one attached hydrogen (secondary N) is 2. The third-order valence-corrected chi connectivity index (χ3v) is 4.07. The highest BCUT2D eigenvalue weighted by molar-refractivity contribution is 5.79. The molecule has 1 heterocycles. The molecule has 0 amide bonds. The molecule has 24 heavy (non-hydrogen) atoms. The van der Waals surface area contributed by atoms with Crippen LogP contribution in [0.25, 0.3) is 0 Å². The molecule has 0 atom stereocenters. The summed E-state index contributed by atoms with van der Waals surface area (Å²) in [5, 5.41) is 6.73. The molecular formula is C19H32N4O. The number of benzene rings is 1. The lowest BCUT2D eigenvalue weighted by Gasteiger charge is -2.15. The number of ether oxygens (including phenoxy) is 1. The molecule has 1 aromatic rings. The van der Waals surface area contributed by atoms with Crippen molar-refractivity contribution in [3.63, 3.8) is 0 Å². The first kappa shape index (κ1) is 18.6. The molecule has 0 radical (unpaired) electrons. The van der Waals surface area contributed by atoms with Gasteiger partial charge in [0.15, 0.2) is 5.96 Å². The second kappa shape index (κ2) is 11.7. The zero-order chi connectivity index (χ0) is 16.9. The number of rotatable bonds is 10. The number of guanidine groups is 1. The summed E-state index contributed by atoms with van der Waals surface area (Å²) in [6.45, 7) is 9.17. The Morgan fingerprint density at radius 1 is 1.12 bits per heavy atom. The number of hydrogen-bond acceptors (Lipinski definition) is 3. The highest BCUT2D eigenvalue weighted by Gasteiger charge is 2.10. The first-order chi connectivity index (χ1) is 11.9. The summed E-state index contributed by atoms with van der Waals surface area (Å²) in [5.74, 6) is 1.84. The van der Waals surface area contributed by atoms with Crippen molar-refractivity contribution in [3.05, 3.63) is 30.3 Å². The van der Waals surface area contributed by atoms with Gasteiger partial charge in [0.2, 0.25) is 0 Å². The number of para-hydroxylation sites is 1. The molecule has 2 N–H and O–H groups in total. The van der Waals surface area contributed by atoms with Gasteiger partial charge < -0.3 is 20.3 Å². The molecule has 0 bridgehead atoms. The number of hydrogen-bond donors (Lipinski definition) is 2. The van der Waals surface area contributed by atoms with Crippen molar-refractivity contribution in [2.75, 3.05) is 45.9 Å². The molecule has 1 saturated heterocycles. The van der Waals surface area contributed by atoms with E-state index in [1.54, 1.807) is 0 Å². The van der Waals surface area contributed by atoms with Crippen LogP contribution >= 0.6 is 0 Å². The van der Waals surface area contributed by atoms with Crippen molar-refractivity contribution in [1.29, 1.82) is 0 Å². The Bertz CT molecular complexity index is 458. The average Bonchev–Trinajstić information content (AvgIpc) is 3.12. The topological polar surface area (TPSA) is 48.9 Å². The van der Waals surface area contributed by atoms with Crippen LogP contribution in [0, 0.1) is 0 Å². The van der Waals surface area contributed by atoms with Crippen LogP contribution < -0.4 is 15.4 Å². The number of nitrogens with zero attached hydrogens (tertiary/aromatic N) is 2. The Labute approximate surface area is 146 Å². The summed E-state index contributed by atoms with van der Waals surface area (Å²) in [5.41, 5.74) is 0. The molecule has 0 spiro atoms. The summed E-state index contributed by atoms with van der Waals surface area (Å²) in [6, 6.07) is 9.94. The molecule has 1 aliphatic heterocycles. The fourth-order valence-corrected chi connectivity index (χ4v) is 2.82. The molecule has 1 aromatic carbocycles. The lowest BCUT2D eigenvalue weighted by molar-refractivity contribution is 0.313. The molecular weight excluding hydrogens is 300 g/mol. The highest BCUT2D eigenvalue weighted by atomic mass is 16.5. The van der Waals surface area contributed by atoms with Crippen molar-refractivity contribution in [2.45, 2.75) is 32.6 Å². The summed E-state index contributed by atoms with van der Waals surface area (Å²) < 4.78 is 5.69. The lowest BCUT2D eigenvalue weighted by atomic mass is 10.3. The predicted molar refractivity (Wildman–Crippen MR) is 101 cm³/mol. The van der Waals surface area contributed by atoms with Gasteiger partial charge in [-0.3, -0.25) is 4.99 Å². The second-order valence-electron chi connectivity index (χ2n) is 6.10. The van der Waals surface area contributed by atoms with E-state index in [1.807, 2.05) is 30.3 Å². The molecule has 0 unspecified atom stereocenters. The van der Waals surface area contributed by atoms with Gasteiger partial charge in [-0.15, -0.1) is 0 Å². The van der Waals surface area contributed by atoms with Crippen LogP contribution in [-0.2, 0) is 0 Å². The predicted octanol–water partition coefficient (Wildman–Crippen LogP) is 2.50. The Morgan fingerprint density at radius 2 is 1.92 bits per heavy atom. The molecule has 1 aliphatic rings. The number of likely N-dealkylation sites (tertiary alicyclic amines) is 1. The summed E-state index contributed by atoms with van der Waals surface area (Å²) in [7, 11) is 0. The fraction of sp³-hybridized carbons (Fsp3) is 0.632. The van der Waals surface area contributed by atoms with Crippen molar-refractivity contribution in [2.24, 2.45) is 4.99 Å². The molecule has 5 heteroatoms. The monoisotopic (exact) mass is 332 g/mol. The van der Waals surface area contributed by atoms with Gasteiger partial charge in [0.05, 0.1) is 6.61 Å². The van der Waals surface area contributed by atoms with E-state index >= 15 is 0 Å². The number of aliphatic imine (C=N–C) groups is 1. The maximum atomic E-state index is 5.69. The van der Waals surface area contributed by atoms with Gasteiger partial charge in [-0.2, -0.15) is 0 Å². The first-order valence-electron chi connectivity index (χ1n) is 9.31. The maximum absolute atomic E-state index is 5.69. The van der Waals surface area contributed by atoms with E-state index in [0.717, 1.165) is 37.8 Å². The van der Waals surface area contributed by atoms with E-state index in [-0.39, 0.29) is 0 Å². The Balaban J connectivity index is 1.57. The minimum absolute atomic E-state index is 0.696. The lowest BCUT2D eigenvalue weighted by Crippen LogP contribution is -2.38.